The summed E-state index contributed by atoms with van der Waals surface area (Å²) in [6.07, 6.45) is -0.831. The molecule has 6 heteroatoms. The van der Waals surface area contributed by atoms with Gasteiger partial charge < -0.3 is 20.3 Å². The number of nitrogens with one attached hydrogen (secondary N) is 1. The van der Waals surface area contributed by atoms with Gasteiger partial charge in [-0.2, -0.15) is 0 Å². The van der Waals surface area contributed by atoms with Gasteiger partial charge >= 0.3 is 0 Å². The molecule has 0 bridgehead atoms. The molecule has 0 saturated carbocycles. The van der Waals surface area contributed by atoms with E-state index in [4.69, 9.17) is 14.9 Å². The highest BCUT2D eigenvalue weighted by molar-refractivity contribution is 5.76. The Kier molecular flexibility index (Phi) is 6.10. The van der Waals surface area contributed by atoms with Gasteiger partial charge in [0.05, 0.1) is 25.7 Å². The number of benzene rings is 1. The lowest BCUT2D eigenvalue weighted by atomic mass is 10.3. The second-order valence-electron chi connectivity index (χ2n) is 3.69. The van der Waals surface area contributed by atoms with Gasteiger partial charge in [-0.1, -0.05) is 0 Å². The lowest BCUT2D eigenvalue weighted by Crippen LogP contribution is -2.34. The van der Waals surface area contributed by atoms with Crippen LogP contribution in [-0.2, 0) is 4.79 Å². The summed E-state index contributed by atoms with van der Waals surface area (Å²) >= 11 is 0. The number of aliphatic hydroxyl groups is 2. The molecule has 0 aliphatic carbocycles. The smallest absolute Gasteiger partial charge is 0.223 e. The van der Waals surface area contributed by atoms with E-state index in [0.717, 1.165) is 0 Å². The maximum Gasteiger partial charge on any atom is 0.223 e. The molecule has 18 heavy (non-hydrogen) atoms. The highest BCUT2D eigenvalue weighted by atomic mass is 19.1. The van der Waals surface area contributed by atoms with Crippen molar-refractivity contribution in [1.29, 1.82) is 0 Å². The zero-order valence-corrected chi connectivity index (χ0v) is 9.80. The molecule has 0 radical (unpaired) electrons. The monoisotopic (exact) mass is 257 g/mol. The molecule has 1 amide bonds. The number of halogens is 1. The Balaban J connectivity index is 2.17. The summed E-state index contributed by atoms with van der Waals surface area (Å²) in [7, 11) is 0. The first-order valence-corrected chi connectivity index (χ1v) is 5.56. The first kappa shape index (κ1) is 14.4. The molecule has 0 aliphatic rings. The highest BCUT2D eigenvalue weighted by Crippen LogP contribution is 2.10. The van der Waals surface area contributed by atoms with Crippen LogP contribution in [0.4, 0.5) is 4.39 Å². The Labute approximate surface area is 104 Å². The molecule has 1 unspecified atom stereocenters. The van der Waals surface area contributed by atoms with Gasteiger partial charge in [-0.25, -0.2) is 4.39 Å². The summed E-state index contributed by atoms with van der Waals surface area (Å²) in [6, 6.07) is 5.49. The third-order valence-corrected chi connectivity index (χ3v) is 2.16. The molecule has 0 aromatic heterocycles. The van der Waals surface area contributed by atoms with Crippen LogP contribution in [0, 0.1) is 5.82 Å². The Hall–Kier alpha value is -1.66. The third-order valence-electron chi connectivity index (χ3n) is 2.16. The van der Waals surface area contributed by atoms with Crippen molar-refractivity contribution in [2.45, 2.75) is 12.5 Å². The molecule has 100 valence electrons. The van der Waals surface area contributed by atoms with E-state index in [2.05, 4.69) is 5.32 Å². The highest BCUT2D eigenvalue weighted by Gasteiger charge is 2.05. The summed E-state index contributed by atoms with van der Waals surface area (Å²) in [5.41, 5.74) is 0. The molecule has 0 heterocycles. The van der Waals surface area contributed by atoms with Crippen LogP contribution in [-0.4, -0.2) is 42.0 Å². The fourth-order valence-corrected chi connectivity index (χ4v) is 1.18. The van der Waals surface area contributed by atoms with Crippen LogP contribution in [0.25, 0.3) is 0 Å². The van der Waals surface area contributed by atoms with Gasteiger partial charge in [0.25, 0.3) is 0 Å². The Bertz CT molecular complexity index is 369. The molecule has 3 N–H and O–H groups in total. The molecule has 1 aromatic rings. The molecular formula is C12H16FNO4. The van der Waals surface area contributed by atoms with E-state index in [9.17, 15) is 9.18 Å². The lowest BCUT2D eigenvalue weighted by molar-refractivity contribution is -0.122. The number of hydrogen-bond donors (Lipinski definition) is 3. The van der Waals surface area contributed by atoms with E-state index in [-0.39, 0.29) is 31.3 Å². The molecule has 1 aromatic carbocycles. The normalized spacial score (nSPS) is 11.9. The Morgan fingerprint density at radius 1 is 1.39 bits per heavy atom. The van der Waals surface area contributed by atoms with Crippen molar-refractivity contribution in [3.8, 4) is 5.75 Å². The zero-order chi connectivity index (χ0) is 13.4. The van der Waals surface area contributed by atoms with Crippen molar-refractivity contribution in [2.24, 2.45) is 0 Å². The van der Waals surface area contributed by atoms with Gasteiger partial charge in [-0.15, -0.1) is 0 Å². The minimum atomic E-state index is -0.952. The fraction of sp³-hybridized carbons (Fsp3) is 0.417. The van der Waals surface area contributed by atoms with Gasteiger partial charge in [0.1, 0.15) is 11.6 Å². The molecule has 0 spiro atoms. The Morgan fingerprint density at radius 2 is 2.06 bits per heavy atom. The number of carbonyl (C=O) groups is 1. The van der Waals surface area contributed by atoms with Gasteiger partial charge in [-0.3, -0.25) is 4.79 Å². The van der Waals surface area contributed by atoms with Crippen LogP contribution < -0.4 is 10.1 Å². The fourth-order valence-electron chi connectivity index (χ4n) is 1.18. The lowest BCUT2D eigenvalue weighted by Gasteiger charge is -2.09. The summed E-state index contributed by atoms with van der Waals surface area (Å²) in [5, 5.41) is 20.0. The minimum absolute atomic E-state index is 0.00583. The van der Waals surface area contributed by atoms with Crippen LogP contribution >= 0.6 is 0 Å². The summed E-state index contributed by atoms with van der Waals surface area (Å²) in [6.45, 7) is -0.231. The zero-order valence-electron chi connectivity index (χ0n) is 9.80. The van der Waals surface area contributed by atoms with E-state index in [1.54, 1.807) is 0 Å². The van der Waals surface area contributed by atoms with Crippen molar-refractivity contribution < 1.29 is 24.1 Å². The Morgan fingerprint density at radius 3 is 2.67 bits per heavy atom. The molecule has 0 fully saturated rings. The van der Waals surface area contributed by atoms with Crippen LogP contribution in [0.15, 0.2) is 24.3 Å². The molecule has 5 nitrogen and oxygen atoms in total. The largest absolute Gasteiger partial charge is 0.493 e. The van der Waals surface area contributed by atoms with Crippen LogP contribution in [0.2, 0.25) is 0 Å². The second-order valence-corrected chi connectivity index (χ2v) is 3.69. The number of amides is 1. The van der Waals surface area contributed by atoms with Gasteiger partial charge in [0.2, 0.25) is 5.91 Å². The van der Waals surface area contributed by atoms with Crippen molar-refractivity contribution in [3.05, 3.63) is 30.1 Å². The van der Waals surface area contributed by atoms with E-state index in [0.29, 0.717) is 5.75 Å². The van der Waals surface area contributed by atoms with Crippen molar-refractivity contribution in [2.75, 3.05) is 19.8 Å². The first-order chi connectivity index (χ1) is 8.61. The molecule has 1 atom stereocenters. The molecular weight excluding hydrogens is 241 g/mol. The number of hydrogen-bond acceptors (Lipinski definition) is 4. The van der Waals surface area contributed by atoms with Gasteiger partial charge in [-0.05, 0) is 24.3 Å². The van der Waals surface area contributed by atoms with E-state index in [1.807, 2.05) is 0 Å². The van der Waals surface area contributed by atoms with Crippen molar-refractivity contribution in [1.82, 2.24) is 5.32 Å². The van der Waals surface area contributed by atoms with Crippen LogP contribution in [0.5, 0.6) is 5.75 Å². The summed E-state index contributed by atoms with van der Waals surface area (Å²) in [5.74, 6) is -0.151. The molecule has 0 aliphatic heterocycles. The van der Waals surface area contributed by atoms with E-state index < -0.39 is 12.7 Å². The SMILES string of the molecule is O=C(CCOc1ccc(F)cc1)NCC(O)CO. The number of rotatable bonds is 7. The van der Waals surface area contributed by atoms with Crippen molar-refractivity contribution in [3.63, 3.8) is 0 Å². The van der Waals surface area contributed by atoms with Crippen LogP contribution in [0.1, 0.15) is 6.42 Å². The predicted molar refractivity (Wildman–Crippen MR) is 62.6 cm³/mol. The quantitative estimate of drug-likeness (QED) is 0.645. The molecule has 0 saturated heterocycles. The van der Waals surface area contributed by atoms with E-state index >= 15 is 0 Å². The second kappa shape index (κ2) is 7.62. The third kappa shape index (κ3) is 5.60. The number of ether oxygens (including phenoxy) is 1. The first-order valence-electron chi connectivity index (χ1n) is 5.56. The predicted octanol–water partition coefficient (Wildman–Crippen LogP) is 0.0640. The average Bonchev–Trinajstić information content (AvgIpc) is 2.38. The van der Waals surface area contributed by atoms with Gasteiger partial charge in [0.15, 0.2) is 0 Å². The maximum absolute atomic E-state index is 12.6. The standard InChI is InChI=1S/C12H16FNO4/c13-9-1-3-11(4-2-9)18-6-5-12(17)14-7-10(16)8-15/h1-4,10,15-16H,5-8H2,(H,14,17). The average molecular weight is 257 g/mol. The molecule has 1 rings (SSSR count). The van der Waals surface area contributed by atoms with Crippen molar-refractivity contribution >= 4 is 5.91 Å². The van der Waals surface area contributed by atoms with Crippen LogP contribution in [0.3, 0.4) is 0 Å². The van der Waals surface area contributed by atoms with E-state index in [1.165, 1.54) is 24.3 Å². The summed E-state index contributed by atoms with van der Waals surface area (Å²) in [4.78, 5) is 11.3. The number of carbonyl (C=O) groups excluding carboxylic acids is 1. The summed E-state index contributed by atoms with van der Waals surface area (Å²) < 4.78 is 17.8. The number of aliphatic hydroxyl groups excluding tert-OH is 2. The topological polar surface area (TPSA) is 78.8 Å². The minimum Gasteiger partial charge on any atom is -0.493 e. The maximum atomic E-state index is 12.6. The van der Waals surface area contributed by atoms with Gasteiger partial charge in [0, 0.05) is 6.54 Å².